The number of pyridine rings is 1. The van der Waals surface area contributed by atoms with Gasteiger partial charge in [-0.25, -0.2) is 9.97 Å². The van der Waals surface area contributed by atoms with Crippen molar-refractivity contribution in [3.63, 3.8) is 0 Å². The van der Waals surface area contributed by atoms with E-state index in [4.69, 9.17) is 17.3 Å². The number of rotatable bonds is 2. The van der Waals surface area contributed by atoms with Crippen LogP contribution < -0.4 is 5.73 Å². The third-order valence-corrected chi connectivity index (χ3v) is 3.16. The van der Waals surface area contributed by atoms with Crippen LogP contribution in [-0.4, -0.2) is 24.3 Å². The zero-order chi connectivity index (χ0) is 13.6. The molecule has 98 valence electrons. The van der Waals surface area contributed by atoms with Gasteiger partial charge in [-0.05, 0) is 12.5 Å². The van der Waals surface area contributed by atoms with Crippen LogP contribution in [0.2, 0.25) is 5.02 Å². The molecule has 0 aliphatic heterocycles. The Kier molecular flexibility index (Phi) is 2.67. The van der Waals surface area contributed by atoms with Crippen molar-refractivity contribution in [2.24, 2.45) is 7.05 Å². The molecule has 0 aliphatic rings. The number of fused-ring (bicyclic) bond motifs is 1. The highest BCUT2D eigenvalue weighted by molar-refractivity contribution is 6.31. The largest absolute Gasteiger partial charge is 0.369 e. The average Bonchev–Trinajstić information content (AvgIpc) is 2.87. The summed E-state index contributed by atoms with van der Waals surface area (Å²) in [7, 11) is 1.88. The number of imidazole rings is 1. The van der Waals surface area contributed by atoms with Crippen LogP contribution in [0.4, 0.5) is 5.95 Å². The minimum atomic E-state index is 0.382. The van der Waals surface area contributed by atoms with Crippen molar-refractivity contribution < 1.29 is 0 Å². The van der Waals surface area contributed by atoms with Gasteiger partial charge in [-0.2, -0.15) is 5.10 Å². The highest BCUT2D eigenvalue weighted by Crippen LogP contribution is 2.25. The Balaban J connectivity index is 2.32. The van der Waals surface area contributed by atoms with Gasteiger partial charge in [-0.15, -0.1) is 0 Å². The van der Waals surface area contributed by atoms with E-state index in [0.29, 0.717) is 22.1 Å². The summed E-state index contributed by atoms with van der Waals surface area (Å²) in [6.45, 7) is 2.05. The van der Waals surface area contributed by atoms with Gasteiger partial charge in [0.25, 0.3) is 0 Å². The van der Waals surface area contributed by atoms with E-state index in [1.54, 1.807) is 21.5 Å². The monoisotopic (exact) mass is 276 g/mol. The summed E-state index contributed by atoms with van der Waals surface area (Å²) in [5.41, 5.74) is 9.21. The van der Waals surface area contributed by atoms with Crippen molar-refractivity contribution >= 4 is 28.7 Å². The molecular formula is C12H13ClN6. The second-order valence-corrected chi connectivity index (χ2v) is 4.73. The summed E-state index contributed by atoms with van der Waals surface area (Å²) in [5, 5.41) is 4.95. The third kappa shape index (κ3) is 1.84. The molecule has 0 unspecified atom stereocenters. The van der Waals surface area contributed by atoms with Gasteiger partial charge in [-0.1, -0.05) is 18.5 Å². The highest BCUT2D eigenvalue weighted by atomic mass is 35.5. The lowest BCUT2D eigenvalue weighted by molar-refractivity contribution is 0.746. The van der Waals surface area contributed by atoms with Gasteiger partial charge in [0.1, 0.15) is 5.52 Å². The molecule has 7 heteroatoms. The van der Waals surface area contributed by atoms with E-state index in [-0.39, 0.29) is 0 Å². The number of nitrogens with zero attached hydrogens (tertiary/aromatic N) is 5. The molecule has 0 atom stereocenters. The van der Waals surface area contributed by atoms with E-state index in [2.05, 4.69) is 15.1 Å². The third-order valence-electron chi connectivity index (χ3n) is 2.95. The molecule has 2 N–H and O–H groups in total. The van der Waals surface area contributed by atoms with Crippen molar-refractivity contribution in [2.75, 3.05) is 5.73 Å². The maximum Gasteiger partial charge on any atom is 0.207 e. The predicted molar refractivity (Wildman–Crippen MR) is 74.4 cm³/mol. The fourth-order valence-electron chi connectivity index (χ4n) is 2.16. The minimum absolute atomic E-state index is 0.382. The number of aryl methyl sites for hydroxylation is 2. The van der Waals surface area contributed by atoms with Gasteiger partial charge in [0.15, 0.2) is 5.65 Å². The van der Waals surface area contributed by atoms with Gasteiger partial charge < -0.3 is 5.73 Å². The van der Waals surface area contributed by atoms with Crippen LogP contribution >= 0.6 is 11.6 Å². The number of nitrogen functional groups attached to an aromatic ring is 1. The normalized spacial score (nSPS) is 11.3. The molecule has 19 heavy (non-hydrogen) atoms. The molecule has 0 saturated heterocycles. The van der Waals surface area contributed by atoms with E-state index in [9.17, 15) is 0 Å². The number of aromatic nitrogens is 5. The number of hydrogen-bond acceptors (Lipinski definition) is 4. The van der Waals surface area contributed by atoms with Crippen LogP contribution in [0.1, 0.15) is 12.6 Å². The second-order valence-electron chi connectivity index (χ2n) is 4.29. The lowest BCUT2D eigenvalue weighted by atomic mass is 10.3. The van der Waals surface area contributed by atoms with E-state index >= 15 is 0 Å². The summed E-state index contributed by atoms with van der Waals surface area (Å²) in [6.07, 6.45) is 4.30. The van der Waals surface area contributed by atoms with Crippen molar-refractivity contribution in [2.45, 2.75) is 13.3 Å². The number of hydrogen-bond donors (Lipinski definition) is 1. The maximum atomic E-state index is 6.00. The Morgan fingerprint density at radius 2 is 2.21 bits per heavy atom. The molecule has 0 spiro atoms. The van der Waals surface area contributed by atoms with Crippen molar-refractivity contribution in [3.05, 3.63) is 29.2 Å². The average molecular weight is 277 g/mol. The number of halogens is 1. The molecule has 0 aliphatic carbocycles. The Morgan fingerprint density at radius 1 is 1.42 bits per heavy atom. The zero-order valence-corrected chi connectivity index (χ0v) is 11.4. The molecule has 0 fully saturated rings. The fourth-order valence-corrected chi connectivity index (χ4v) is 2.31. The Morgan fingerprint density at radius 3 is 2.95 bits per heavy atom. The van der Waals surface area contributed by atoms with E-state index < -0.39 is 0 Å². The van der Waals surface area contributed by atoms with Gasteiger partial charge in [-0.3, -0.25) is 9.25 Å². The lowest BCUT2D eigenvalue weighted by Crippen LogP contribution is -2.03. The summed E-state index contributed by atoms with van der Waals surface area (Å²) in [5.74, 6) is 0.382. The SMILES string of the molecule is CCc1nn(C)cc1-n1c(N)nc2cc(Cl)cnc21. The second kappa shape index (κ2) is 4.24. The quantitative estimate of drug-likeness (QED) is 0.776. The standard InChI is InChI=1S/C12H13ClN6/c1-3-8-10(6-18(2)17-8)19-11-9(16-12(19)14)4-7(13)5-15-11/h4-6H,3H2,1-2H3,(H2,14,16). The molecule has 0 aromatic carbocycles. The molecule has 0 amide bonds. The smallest absolute Gasteiger partial charge is 0.207 e. The first kappa shape index (κ1) is 12.0. The van der Waals surface area contributed by atoms with Crippen LogP contribution in [0.5, 0.6) is 0 Å². The predicted octanol–water partition coefficient (Wildman–Crippen LogP) is 1.95. The van der Waals surface area contributed by atoms with Crippen molar-refractivity contribution in [1.29, 1.82) is 0 Å². The van der Waals surface area contributed by atoms with Crippen LogP contribution in [0.15, 0.2) is 18.5 Å². The Bertz CT molecular complexity index is 757. The molecular weight excluding hydrogens is 264 g/mol. The Hall–Kier alpha value is -2.08. The minimum Gasteiger partial charge on any atom is -0.369 e. The number of nitrogens with two attached hydrogens (primary N) is 1. The summed E-state index contributed by atoms with van der Waals surface area (Å²) < 4.78 is 3.56. The van der Waals surface area contributed by atoms with E-state index in [0.717, 1.165) is 17.8 Å². The summed E-state index contributed by atoms with van der Waals surface area (Å²) in [6, 6.07) is 1.75. The van der Waals surface area contributed by atoms with Crippen molar-refractivity contribution in [3.8, 4) is 5.69 Å². The first-order chi connectivity index (χ1) is 9.10. The molecule has 3 heterocycles. The zero-order valence-electron chi connectivity index (χ0n) is 10.6. The van der Waals surface area contributed by atoms with E-state index in [1.807, 2.05) is 20.2 Å². The first-order valence-electron chi connectivity index (χ1n) is 5.92. The maximum absolute atomic E-state index is 6.00. The van der Waals surface area contributed by atoms with E-state index in [1.165, 1.54) is 0 Å². The molecule has 0 bridgehead atoms. The van der Waals surface area contributed by atoms with Crippen LogP contribution in [0.25, 0.3) is 16.9 Å². The summed E-state index contributed by atoms with van der Waals surface area (Å²) >= 11 is 5.92. The fraction of sp³-hybridized carbons (Fsp3) is 0.250. The topological polar surface area (TPSA) is 74.5 Å². The van der Waals surface area contributed by atoms with Crippen LogP contribution in [0.3, 0.4) is 0 Å². The van der Waals surface area contributed by atoms with Crippen LogP contribution in [-0.2, 0) is 13.5 Å². The molecule has 6 nitrogen and oxygen atoms in total. The molecule has 3 aromatic heterocycles. The molecule has 3 aromatic rings. The lowest BCUT2D eigenvalue weighted by Gasteiger charge is -2.04. The van der Waals surface area contributed by atoms with Gasteiger partial charge >= 0.3 is 0 Å². The summed E-state index contributed by atoms with van der Waals surface area (Å²) in [4.78, 5) is 8.61. The first-order valence-corrected chi connectivity index (χ1v) is 6.30. The van der Waals surface area contributed by atoms with Crippen molar-refractivity contribution in [1.82, 2.24) is 24.3 Å². The Labute approximate surface area is 114 Å². The van der Waals surface area contributed by atoms with Gasteiger partial charge in [0.2, 0.25) is 5.95 Å². The van der Waals surface area contributed by atoms with Gasteiger partial charge in [0, 0.05) is 19.4 Å². The molecule has 0 saturated carbocycles. The molecule has 3 rings (SSSR count). The highest BCUT2D eigenvalue weighted by Gasteiger charge is 2.16. The van der Waals surface area contributed by atoms with Crippen LogP contribution in [0, 0.1) is 0 Å². The number of anilines is 1. The molecule has 0 radical (unpaired) electrons. The van der Waals surface area contributed by atoms with Gasteiger partial charge in [0.05, 0.1) is 16.4 Å².